The second-order valence-corrected chi connectivity index (χ2v) is 9.07. The van der Waals surface area contributed by atoms with E-state index in [1.165, 1.54) is 12.1 Å². The van der Waals surface area contributed by atoms with Crippen molar-refractivity contribution in [2.45, 2.75) is 6.10 Å². The zero-order valence-corrected chi connectivity index (χ0v) is 17.7. The number of ether oxygens (including phenoxy) is 1. The first-order valence-corrected chi connectivity index (χ1v) is 11.3. The highest BCUT2D eigenvalue weighted by atomic mass is 32.2. The molecule has 0 spiro atoms. The van der Waals surface area contributed by atoms with Gasteiger partial charge in [-0.2, -0.15) is 0 Å². The topological polar surface area (TPSA) is 98.5 Å². The molecule has 0 bridgehead atoms. The van der Waals surface area contributed by atoms with Gasteiger partial charge in [0, 0.05) is 29.0 Å². The van der Waals surface area contributed by atoms with E-state index >= 15 is 0 Å². The van der Waals surface area contributed by atoms with Crippen molar-refractivity contribution in [2.24, 2.45) is 0 Å². The van der Waals surface area contributed by atoms with Crippen LogP contribution in [0.15, 0.2) is 60.3 Å². The first-order valence-electron chi connectivity index (χ1n) is 9.41. The Morgan fingerprint density at radius 1 is 0.970 bits per heavy atom. The highest BCUT2D eigenvalue weighted by Gasteiger charge is 2.36. The highest BCUT2D eigenvalue weighted by Crippen LogP contribution is 2.40. The maximum atomic E-state index is 14.3. The molecule has 0 saturated carbocycles. The molecule has 0 amide bonds. The number of benzene rings is 3. The van der Waals surface area contributed by atoms with E-state index in [1.807, 2.05) is 0 Å². The van der Waals surface area contributed by atoms with Gasteiger partial charge >= 0.3 is 0 Å². The Balaban J connectivity index is 1.75. The van der Waals surface area contributed by atoms with Crippen LogP contribution < -0.4 is 9.46 Å². The van der Waals surface area contributed by atoms with E-state index in [0.717, 1.165) is 6.26 Å². The van der Waals surface area contributed by atoms with E-state index < -0.39 is 49.8 Å². The third-order valence-electron chi connectivity index (χ3n) is 4.86. The van der Waals surface area contributed by atoms with Crippen LogP contribution in [0.25, 0.3) is 17.2 Å². The van der Waals surface area contributed by atoms with E-state index in [9.17, 15) is 31.7 Å². The summed E-state index contributed by atoms with van der Waals surface area (Å²) in [6.45, 7) is 0. The van der Waals surface area contributed by atoms with Crippen LogP contribution in [0.2, 0.25) is 0 Å². The first kappa shape index (κ1) is 22.3. The van der Waals surface area contributed by atoms with Gasteiger partial charge < -0.3 is 4.74 Å². The van der Waals surface area contributed by atoms with Gasteiger partial charge in [-0.15, -0.1) is 0 Å². The predicted molar refractivity (Wildman–Crippen MR) is 115 cm³/mol. The summed E-state index contributed by atoms with van der Waals surface area (Å²) in [6.07, 6.45) is 0.606. The molecule has 1 unspecified atom stereocenters. The van der Waals surface area contributed by atoms with Crippen LogP contribution in [0.3, 0.4) is 0 Å². The van der Waals surface area contributed by atoms with Gasteiger partial charge in [0.1, 0.15) is 11.6 Å². The molecule has 3 aromatic rings. The number of nitro groups is 1. The minimum absolute atomic E-state index is 0.170. The quantitative estimate of drug-likeness (QED) is 0.321. The van der Waals surface area contributed by atoms with Crippen LogP contribution >= 0.6 is 0 Å². The molecule has 0 aliphatic carbocycles. The molecule has 1 heterocycles. The summed E-state index contributed by atoms with van der Waals surface area (Å²) in [5, 5.41) is 11.6. The number of hydrogen-bond donors (Lipinski definition) is 1. The maximum Gasteiger partial charge on any atom is 0.291 e. The second kappa shape index (κ2) is 8.24. The van der Waals surface area contributed by atoms with Crippen molar-refractivity contribution in [3.63, 3.8) is 0 Å². The molecule has 1 aliphatic rings. The summed E-state index contributed by atoms with van der Waals surface area (Å²) in [5.41, 5.74) is 0.796. The van der Waals surface area contributed by atoms with Crippen molar-refractivity contribution in [1.29, 1.82) is 0 Å². The van der Waals surface area contributed by atoms with Crippen molar-refractivity contribution in [3.8, 4) is 16.9 Å². The first-order chi connectivity index (χ1) is 15.5. The average Bonchev–Trinajstić information content (AvgIpc) is 2.74. The number of rotatable bonds is 5. The number of nitrogens with zero attached hydrogens (tertiary/aromatic N) is 1. The molecule has 1 N–H and O–H groups in total. The maximum absolute atomic E-state index is 14.3. The number of hydrogen-bond acceptors (Lipinski definition) is 5. The minimum Gasteiger partial charge on any atom is -0.474 e. The molecule has 7 nitrogen and oxygen atoms in total. The average molecular weight is 476 g/mol. The van der Waals surface area contributed by atoms with Gasteiger partial charge in [-0.25, -0.2) is 21.6 Å². The fourth-order valence-electron chi connectivity index (χ4n) is 3.46. The van der Waals surface area contributed by atoms with Crippen molar-refractivity contribution in [1.82, 2.24) is 0 Å². The number of halogens is 3. The van der Waals surface area contributed by atoms with Crippen LogP contribution in [-0.2, 0) is 10.0 Å². The third kappa shape index (κ3) is 4.67. The fraction of sp³-hybridized carbons (Fsp3) is 0.0909. The number of sulfonamides is 1. The number of nitrogens with one attached hydrogen (secondary N) is 1. The summed E-state index contributed by atoms with van der Waals surface area (Å²) in [6, 6.07) is 12.1. The van der Waals surface area contributed by atoms with Crippen LogP contribution in [0.1, 0.15) is 17.2 Å². The van der Waals surface area contributed by atoms with Crippen molar-refractivity contribution in [2.75, 3.05) is 11.0 Å². The van der Waals surface area contributed by atoms with Crippen LogP contribution in [0.4, 0.5) is 18.9 Å². The summed E-state index contributed by atoms with van der Waals surface area (Å²) in [5.74, 6) is -3.79. The molecule has 1 atom stereocenters. The van der Waals surface area contributed by atoms with Gasteiger partial charge in [0.15, 0.2) is 11.6 Å². The molecule has 0 fully saturated rings. The highest BCUT2D eigenvalue weighted by molar-refractivity contribution is 7.92. The lowest BCUT2D eigenvalue weighted by atomic mass is 9.97. The Morgan fingerprint density at radius 2 is 1.67 bits per heavy atom. The van der Waals surface area contributed by atoms with Gasteiger partial charge in [-0.05, 0) is 41.5 Å². The van der Waals surface area contributed by atoms with E-state index in [2.05, 4.69) is 4.72 Å². The molecule has 0 saturated heterocycles. The molecule has 33 heavy (non-hydrogen) atoms. The molecule has 170 valence electrons. The van der Waals surface area contributed by atoms with Crippen LogP contribution in [0, 0.1) is 27.6 Å². The van der Waals surface area contributed by atoms with E-state index in [4.69, 9.17) is 4.74 Å². The Kier molecular flexibility index (Phi) is 5.58. The normalized spacial score (nSPS) is 15.3. The lowest BCUT2D eigenvalue weighted by Crippen LogP contribution is -2.21. The number of fused-ring (bicyclic) bond motifs is 1. The Hall–Kier alpha value is -3.86. The Bertz CT molecular complexity index is 1420. The standard InChI is InChI=1S/C22H15F3N2O5S/c1-33(30,31)26-15-4-2-3-12(8-15)13-5-6-21-14(7-13)9-20(27(28)29)22(32-21)16-10-18(24)19(25)11-17(16)23/h2-11,22,26H,1H3. The van der Waals surface area contributed by atoms with Gasteiger partial charge in [0.05, 0.1) is 11.2 Å². The zero-order valence-electron chi connectivity index (χ0n) is 16.9. The van der Waals surface area contributed by atoms with Gasteiger partial charge in [-0.1, -0.05) is 18.2 Å². The molecule has 4 rings (SSSR count). The zero-order chi connectivity index (χ0) is 23.9. The Labute approximate surface area is 186 Å². The van der Waals surface area contributed by atoms with Gasteiger partial charge in [0.2, 0.25) is 16.1 Å². The summed E-state index contributed by atoms with van der Waals surface area (Å²) in [7, 11) is -3.48. The van der Waals surface area contributed by atoms with Gasteiger partial charge in [0.25, 0.3) is 5.70 Å². The predicted octanol–water partition coefficient (Wildman–Crippen LogP) is 4.89. The molecule has 1 aliphatic heterocycles. The minimum atomic E-state index is -3.48. The molecular weight excluding hydrogens is 461 g/mol. The summed E-state index contributed by atoms with van der Waals surface area (Å²) < 4.78 is 72.2. The largest absolute Gasteiger partial charge is 0.474 e. The summed E-state index contributed by atoms with van der Waals surface area (Å²) >= 11 is 0. The van der Waals surface area contributed by atoms with Crippen molar-refractivity contribution in [3.05, 3.63) is 99.0 Å². The summed E-state index contributed by atoms with van der Waals surface area (Å²) in [4.78, 5) is 10.9. The molecular formula is C22H15F3N2O5S. The smallest absolute Gasteiger partial charge is 0.291 e. The van der Waals surface area contributed by atoms with E-state index in [0.29, 0.717) is 34.5 Å². The molecule has 3 aromatic carbocycles. The molecule has 0 radical (unpaired) electrons. The SMILES string of the molecule is CS(=O)(=O)Nc1cccc(-c2ccc3c(c2)C=C([N+](=O)[O-])C(c2cc(F)c(F)cc2F)O3)c1. The molecule has 11 heteroatoms. The lowest BCUT2D eigenvalue weighted by molar-refractivity contribution is -0.434. The Morgan fingerprint density at radius 3 is 2.36 bits per heavy atom. The lowest BCUT2D eigenvalue weighted by Gasteiger charge is -2.23. The van der Waals surface area contributed by atoms with Crippen LogP contribution in [-0.4, -0.2) is 19.6 Å². The van der Waals surface area contributed by atoms with Crippen molar-refractivity contribution >= 4 is 21.8 Å². The van der Waals surface area contributed by atoms with E-state index in [-0.39, 0.29) is 5.75 Å². The fourth-order valence-corrected chi connectivity index (χ4v) is 4.01. The monoisotopic (exact) mass is 476 g/mol. The van der Waals surface area contributed by atoms with Gasteiger partial charge in [-0.3, -0.25) is 14.8 Å². The van der Waals surface area contributed by atoms with Crippen molar-refractivity contribution < 1.29 is 31.2 Å². The van der Waals surface area contributed by atoms with Crippen LogP contribution in [0.5, 0.6) is 5.75 Å². The second-order valence-electron chi connectivity index (χ2n) is 7.32. The molecule has 0 aromatic heterocycles. The number of anilines is 1. The van der Waals surface area contributed by atoms with E-state index in [1.54, 1.807) is 36.4 Å². The third-order valence-corrected chi connectivity index (χ3v) is 5.47.